The first-order valence-electron chi connectivity index (χ1n) is 6.67. The van der Waals surface area contributed by atoms with Crippen molar-refractivity contribution < 1.29 is 4.79 Å². The Morgan fingerprint density at radius 2 is 1.81 bits per heavy atom. The van der Waals surface area contributed by atoms with Crippen molar-refractivity contribution in [2.75, 3.05) is 5.88 Å². The second kappa shape index (κ2) is 4.21. The van der Waals surface area contributed by atoms with E-state index in [1.165, 1.54) is 32.1 Å². The van der Waals surface area contributed by atoms with Crippen molar-refractivity contribution in [3.05, 3.63) is 0 Å². The van der Waals surface area contributed by atoms with Crippen LogP contribution in [0.2, 0.25) is 0 Å². The Labute approximate surface area is 102 Å². The second-order valence-corrected chi connectivity index (χ2v) is 6.05. The summed E-state index contributed by atoms with van der Waals surface area (Å²) in [6.07, 6.45) is 7.45. The van der Waals surface area contributed by atoms with E-state index in [2.05, 4.69) is 5.32 Å². The van der Waals surface area contributed by atoms with E-state index in [0.29, 0.717) is 29.7 Å². The Bertz CT molecular complexity index is 284. The Morgan fingerprint density at radius 1 is 1.12 bits per heavy atom. The summed E-state index contributed by atoms with van der Waals surface area (Å²) in [6.45, 7) is 0. The molecule has 0 aromatic rings. The average Bonchev–Trinajstić information content (AvgIpc) is 2.71. The van der Waals surface area contributed by atoms with E-state index in [1.54, 1.807) is 0 Å². The van der Waals surface area contributed by atoms with Gasteiger partial charge in [0, 0.05) is 17.8 Å². The SMILES string of the molecule is O=C(NC1CCCC1CCl)C1C2CCCC21. The van der Waals surface area contributed by atoms with Crippen LogP contribution in [0.25, 0.3) is 0 Å². The fraction of sp³-hybridized carbons (Fsp3) is 0.923. The summed E-state index contributed by atoms with van der Waals surface area (Å²) in [4.78, 5) is 12.1. The minimum absolute atomic E-state index is 0.330. The number of alkyl halides is 1. The highest BCUT2D eigenvalue weighted by atomic mass is 35.5. The van der Waals surface area contributed by atoms with E-state index in [1.807, 2.05) is 0 Å². The van der Waals surface area contributed by atoms with E-state index in [4.69, 9.17) is 11.6 Å². The molecule has 4 atom stereocenters. The van der Waals surface area contributed by atoms with Gasteiger partial charge in [-0.1, -0.05) is 12.8 Å². The predicted molar refractivity (Wildman–Crippen MR) is 64.3 cm³/mol. The normalized spacial score (nSPS) is 45.4. The summed E-state index contributed by atoms with van der Waals surface area (Å²) in [7, 11) is 0. The van der Waals surface area contributed by atoms with Crippen molar-refractivity contribution in [1.82, 2.24) is 5.32 Å². The zero-order chi connectivity index (χ0) is 11.1. The number of nitrogens with one attached hydrogen (secondary N) is 1. The molecule has 3 aliphatic rings. The highest BCUT2D eigenvalue weighted by molar-refractivity contribution is 6.18. The fourth-order valence-electron chi connectivity index (χ4n) is 3.90. The van der Waals surface area contributed by atoms with Crippen LogP contribution >= 0.6 is 11.6 Å². The minimum Gasteiger partial charge on any atom is -0.353 e. The molecule has 90 valence electrons. The smallest absolute Gasteiger partial charge is 0.223 e. The van der Waals surface area contributed by atoms with Gasteiger partial charge >= 0.3 is 0 Å². The van der Waals surface area contributed by atoms with Gasteiger partial charge in [0.15, 0.2) is 0 Å². The molecule has 0 spiro atoms. The minimum atomic E-state index is 0.330. The number of hydrogen-bond donors (Lipinski definition) is 1. The second-order valence-electron chi connectivity index (χ2n) is 5.74. The number of rotatable bonds is 3. The monoisotopic (exact) mass is 241 g/mol. The molecule has 3 heteroatoms. The van der Waals surface area contributed by atoms with Crippen LogP contribution in [0.15, 0.2) is 0 Å². The Morgan fingerprint density at radius 3 is 2.50 bits per heavy atom. The first kappa shape index (κ1) is 10.9. The maximum Gasteiger partial charge on any atom is 0.223 e. The van der Waals surface area contributed by atoms with Crippen LogP contribution in [-0.2, 0) is 4.79 Å². The molecule has 2 nitrogen and oxygen atoms in total. The van der Waals surface area contributed by atoms with Crippen molar-refractivity contribution >= 4 is 17.5 Å². The summed E-state index contributed by atoms with van der Waals surface area (Å²) in [5.74, 6) is 3.38. The molecule has 0 radical (unpaired) electrons. The molecule has 3 fully saturated rings. The molecule has 1 N–H and O–H groups in total. The van der Waals surface area contributed by atoms with Crippen molar-refractivity contribution in [3.63, 3.8) is 0 Å². The summed E-state index contributed by atoms with van der Waals surface area (Å²) < 4.78 is 0. The molecule has 0 aromatic heterocycles. The molecule has 0 saturated heterocycles. The third-order valence-electron chi connectivity index (χ3n) is 4.89. The third kappa shape index (κ3) is 1.75. The number of carbonyl (C=O) groups is 1. The zero-order valence-electron chi connectivity index (χ0n) is 9.62. The molecule has 0 aliphatic heterocycles. The van der Waals surface area contributed by atoms with Gasteiger partial charge in [0.25, 0.3) is 0 Å². The van der Waals surface area contributed by atoms with Crippen molar-refractivity contribution in [3.8, 4) is 0 Å². The van der Waals surface area contributed by atoms with Crippen molar-refractivity contribution in [2.24, 2.45) is 23.7 Å². The summed E-state index contributed by atoms with van der Waals surface area (Å²) in [5, 5.41) is 3.25. The fourth-order valence-corrected chi connectivity index (χ4v) is 4.27. The van der Waals surface area contributed by atoms with Gasteiger partial charge in [-0.2, -0.15) is 0 Å². The maximum absolute atomic E-state index is 12.1. The molecule has 0 heterocycles. The van der Waals surface area contributed by atoms with Crippen LogP contribution in [0.4, 0.5) is 0 Å². The Balaban J connectivity index is 1.53. The number of amides is 1. The van der Waals surface area contributed by atoms with E-state index >= 15 is 0 Å². The number of halogens is 1. The van der Waals surface area contributed by atoms with Gasteiger partial charge < -0.3 is 5.32 Å². The molecule has 3 aliphatic carbocycles. The van der Waals surface area contributed by atoms with Crippen molar-refractivity contribution in [1.29, 1.82) is 0 Å². The largest absolute Gasteiger partial charge is 0.353 e. The van der Waals surface area contributed by atoms with Gasteiger partial charge in [0.1, 0.15) is 0 Å². The summed E-state index contributed by atoms with van der Waals surface area (Å²) >= 11 is 5.93. The Kier molecular flexibility index (Phi) is 2.87. The van der Waals surface area contributed by atoms with Gasteiger partial charge in [-0.15, -0.1) is 11.6 Å². The average molecular weight is 242 g/mol. The summed E-state index contributed by atoms with van der Waals surface area (Å²) in [6, 6.07) is 0.367. The van der Waals surface area contributed by atoms with Crippen LogP contribution in [0.5, 0.6) is 0 Å². The lowest BCUT2D eigenvalue weighted by Gasteiger charge is -2.19. The van der Waals surface area contributed by atoms with Gasteiger partial charge in [0.2, 0.25) is 5.91 Å². The molecule has 4 unspecified atom stereocenters. The van der Waals surface area contributed by atoms with Crippen molar-refractivity contribution in [2.45, 2.75) is 44.6 Å². The van der Waals surface area contributed by atoms with E-state index in [9.17, 15) is 4.79 Å². The Hall–Kier alpha value is -0.240. The quantitative estimate of drug-likeness (QED) is 0.756. The lowest BCUT2D eigenvalue weighted by Crippen LogP contribution is -2.39. The van der Waals surface area contributed by atoms with E-state index in [-0.39, 0.29) is 0 Å². The molecule has 3 saturated carbocycles. The first-order valence-corrected chi connectivity index (χ1v) is 7.21. The topological polar surface area (TPSA) is 29.1 Å². The molecule has 1 amide bonds. The van der Waals surface area contributed by atoms with E-state index < -0.39 is 0 Å². The number of carbonyl (C=O) groups excluding carboxylic acids is 1. The van der Waals surface area contributed by atoms with Gasteiger partial charge in [-0.3, -0.25) is 4.79 Å². The highest BCUT2D eigenvalue weighted by Gasteiger charge is 2.56. The van der Waals surface area contributed by atoms with Crippen LogP contribution in [0, 0.1) is 23.7 Å². The van der Waals surface area contributed by atoms with Crippen LogP contribution in [-0.4, -0.2) is 17.8 Å². The number of hydrogen-bond acceptors (Lipinski definition) is 1. The highest BCUT2D eigenvalue weighted by Crippen LogP contribution is 2.57. The first-order chi connectivity index (χ1) is 7.81. The predicted octanol–water partition coefficient (Wildman–Crippen LogP) is 2.56. The van der Waals surface area contributed by atoms with Gasteiger partial charge in [-0.25, -0.2) is 0 Å². The molecule has 0 bridgehead atoms. The zero-order valence-corrected chi connectivity index (χ0v) is 10.4. The van der Waals surface area contributed by atoms with Crippen LogP contribution < -0.4 is 5.32 Å². The van der Waals surface area contributed by atoms with E-state index in [0.717, 1.165) is 18.3 Å². The van der Waals surface area contributed by atoms with Gasteiger partial charge in [0.05, 0.1) is 0 Å². The standard InChI is InChI=1S/C13H20ClNO/c14-7-8-3-1-6-11(8)15-13(16)12-9-4-2-5-10(9)12/h8-12H,1-7H2,(H,15,16). The summed E-state index contributed by atoms with van der Waals surface area (Å²) in [5.41, 5.74) is 0. The maximum atomic E-state index is 12.1. The molecule has 16 heavy (non-hydrogen) atoms. The molecular weight excluding hydrogens is 222 g/mol. The van der Waals surface area contributed by atoms with Crippen LogP contribution in [0.3, 0.4) is 0 Å². The molecule has 3 rings (SSSR count). The third-order valence-corrected chi connectivity index (χ3v) is 5.29. The van der Waals surface area contributed by atoms with Crippen LogP contribution in [0.1, 0.15) is 38.5 Å². The molecular formula is C13H20ClNO. The lowest BCUT2D eigenvalue weighted by atomic mass is 10.1. The number of fused-ring (bicyclic) bond motifs is 1. The molecule has 0 aromatic carbocycles. The van der Waals surface area contributed by atoms with Gasteiger partial charge in [-0.05, 0) is 43.4 Å². The lowest BCUT2D eigenvalue weighted by molar-refractivity contribution is -0.124.